The lowest BCUT2D eigenvalue weighted by Crippen LogP contribution is -1.99. The zero-order valence-electron chi connectivity index (χ0n) is 27.2. The van der Waals surface area contributed by atoms with Crippen molar-refractivity contribution in [3.63, 3.8) is 0 Å². The first-order valence-electron chi connectivity index (χ1n) is 15.3. The minimum Gasteiger partial charge on any atom is -0.437 e. The zero-order valence-corrected chi connectivity index (χ0v) is 22.2. The van der Waals surface area contributed by atoms with Gasteiger partial charge in [0.05, 0.1) is 11.4 Å². The molecule has 4 heterocycles. The lowest BCUT2D eigenvalue weighted by atomic mass is 10.00. The van der Waals surface area contributed by atoms with Crippen molar-refractivity contribution < 1.29 is 16.0 Å². The molecule has 5 nitrogen and oxygen atoms in total. The molecule has 194 valence electrons. The van der Waals surface area contributed by atoms with Gasteiger partial charge in [-0.2, -0.15) is 0 Å². The van der Waals surface area contributed by atoms with Gasteiger partial charge in [-0.05, 0) is 60.2 Å². The molecule has 0 radical (unpaired) electrons. The lowest BCUT2D eigenvalue weighted by molar-refractivity contribution is 0.443. The van der Waals surface area contributed by atoms with Crippen LogP contribution in [0.15, 0.2) is 89.3 Å². The summed E-state index contributed by atoms with van der Waals surface area (Å²) < 4.78 is 54.3. The Kier molecular flexibility index (Phi) is 5.01. The van der Waals surface area contributed by atoms with Gasteiger partial charge < -0.3 is 9.15 Å². The average Bonchev–Trinajstić information content (AvgIpc) is 3.34. The van der Waals surface area contributed by atoms with Crippen molar-refractivity contribution >= 4 is 22.1 Å². The van der Waals surface area contributed by atoms with Crippen LogP contribution in [0.4, 0.5) is 0 Å². The molecule has 0 saturated heterocycles. The molecule has 0 saturated carbocycles. The highest BCUT2D eigenvalue weighted by molar-refractivity contribution is 6.08. The normalized spacial score (nSPS) is 15.6. The molecule has 0 aliphatic carbocycles. The van der Waals surface area contributed by atoms with Gasteiger partial charge in [-0.15, -0.1) is 0 Å². The maximum atomic E-state index is 8.87. The van der Waals surface area contributed by atoms with Crippen molar-refractivity contribution in [2.45, 2.75) is 46.3 Å². The molecule has 4 aromatic heterocycles. The molecule has 0 N–H and O–H groups in total. The Hall–Kier alpha value is -4.51. The summed E-state index contributed by atoms with van der Waals surface area (Å²) in [5.74, 6) is -2.67. The van der Waals surface area contributed by atoms with Gasteiger partial charge in [0.15, 0.2) is 0 Å². The van der Waals surface area contributed by atoms with Crippen molar-refractivity contribution in [2.24, 2.45) is 0 Å². The largest absolute Gasteiger partial charge is 0.437 e. The number of rotatable bonds is 6. The van der Waals surface area contributed by atoms with E-state index in [0.29, 0.717) is 33.8 Å². The summed E-state index contributed by atoms with van der Waals surface area (Å²) in [7, 11) is 0. The Morgan fingerprint density at radius 1 is 0.744 bits per heavy atom. The summed E-state index contributed by atoms with van der Waals surface area (Å²) in [6.07, 6.45) is 0. The van der Waals surface area contributed by atoms with Gasteiger partial charge in [-0.25, -0.2) is 15.0 Å². The van der Waals surface area contributed by atoms with Crippen molar-refractivity contribution in [3.8, 4) is 34.3 Å². The molecule has 6 rings (SSSR count). The standard InChI is InChI=1S/C34H31N3O2/c1-20(2)24-16-29(23-10-7-6-8-11-23)36-31(18-24)38-32-19-25(21(3)4)17-30(37-32)28-13-9-12-26-27-15-14-22(5)35-34(27)39-33(26)28/h6-21H,1-5H3/i3D3,20D,21D. The third-order valence-electron chi connectivity index (χ3n) is 6.67. The molecule has 0 aliphatic rings. The summed E-state index contributed by atoms with van der Waals surface area (Å²) >= 11 is 0. The van der Waals surface area contributed by atoms with Gasteiger partial charge in [-0.1, -0.05) is 70.1 Å². The second-order valence-electron chi connectivity index (χ2n) is 9.84. The van der Waals surface area contributed by atoms with E-state index in [1.54, 1.807) is 26.0 Å². The monoisotopic (exact) mass is 518 g/mol. The fourth-order valence-electron chi connectivity index (χ4n) is 4.60. The third kappa shape index (κ3) is 4.88. The van der Waals surface area contributed by atoms with Crippen LogP contribution in [-0.2, 0) is 0 Å². The Balaban J connectivity index is 1.54. The van der Waals surface area contributed by atoms with E-state index in [1.807, 2.05) is 73.7 Å². The van der Waals surface area contributed by atoms with E-state index in [2.05, 4.69) is 4.98 Å². The topological polar surface area (TPSA) is 61.0 Å². The number of benzene rings is 2. The fourth-order valence-corrected chi connectivity index (χ4v) is 4.60. The fraction of sp³-hybridized carbons (Fsp3) is 0.206. The maximum Gasteiger partial charge on any atom is 0.227 e. The van der Waals surface area contributed by atoms with E-state index in [-0.39, 0.29) is 17.3 Å². The summed E-state index contributed by atoms with van der Waals surface area (Å²) in [5.41, 5.74) is 5.17. The number of para-hydroxylation sites is 1. The first-order chi connectivity index (χ1) is 20.7. The molecule has 0 aliphatic heterocycles. The first kappa shape index (κ1) is 19.5. The predicted octanol–water partition coefficient (Wildman–Crippen LogP) is 9.45. The zero-order chi connectivity index (χ0) is 31.4. The van der Waals surface area contributed by atoms with Crippen molar-refractivity contribution in [3.05, 3.63) is 102 Å². The van der Waals surface area contributed by atoms with Gasteiger partial charge in [0.25, 0.3) is 0 Å². The van der Waals surface area contributed by atoms with Crippen LogP contribution in [0.3, 0.4) is 0 Å². The van der Waals surface area contributed by atoms with Crippen LogP contribution >= 0.6 is 0 Å². The summed E-state index contributed by atoms with van der Waals surface area (Å²) in [5, 5.41) is 1.68. The Labute approximate surface area is 235 Å². The van der Waals surface area contributed by atoms with Gasteiger partial charge in [0.1, 0.15) is 5.58 Å². The highest BCUT2D eigenvalue weighted by Gasteiger charge is 2.17. The van der Waals surface area contributed by atoms with E-state index in [1.165, 1.54) is 13.0 Å². The Bertz CT molecular complexity index is 2010. The Morgan fingerprint density at radius 2 is 1.46 bits per heavy atom. The first-order valence-corrected chi connectivity index (χ1v) is 12.8. The summed E-state index contributed by atoms with van der Waals surface area (Å²) in [6, 6.07) is 25.7. The summed E-state index contributed by atoms with van der Waals surface area (Å²) in [4.78, 5) is 14.0. The van der Waals surface area contributed by atoms with Crippen LogP contribution < -0.4 is 4.74 Å². The number of furan rings is 1. The van der Waals surface area contributed by atoms with Crippen LogP contribution in [0.1, 0.15) is 63.1 Å². The SMILES string of the molecule is [2H]C(C)(C)c1cc(Oc2cc(C([2H])(C)C([2H])([2H])[2H])cc(-c3cccc4c3oc3nc(C)ccc34)n2)nc(-c2ccccc2)c1. The molecule has 1 unspecified atom stereocenters. The molecule has 0 amide bonds. The molecule has 0 bridgehead atoms. The number of aryl methyl sites for hydroxylation is 1. The molecular formula is C34H31N3O2. The number of ether oxygens (including phenoxy) is 1. The molecular weight excluding hydrogens is 482 g/mol. The number of hydrogen-bond acceptors (Lipinski definition) is 5. The van der Waals surface area contributed by atoms with Crippen molar-refractivity contribution in [1.29, 1.82) is 0 Å². The van der Waals surface area contributed by atoms with Crippen LogP contribution in [0.5, 0.6) is 11.8 Å². The second kappa shape index (κ2) is 9.99. The van der Waals surface area contributed by atoms with Gasteiger partial charge >= 0.3 is 0 Å². The highest BCUT2D eigenvalue weighted by atomic mass is 16.5. The van der Waals surface area contributed by atoms with Crippen LogP contribution in [0, 0.1) is 6.92 Å². The average molecular weight is 519 g/mol. The van der Waals surface area contributed by atoms with Crippen LogP contribution in [0.25, 0.3) is 44.6 Å². The molecule has 39 heavy (non-hydrogen) atoms. The number of aromatic nitrogens is 3. The smallest absolute Gasteiger partial charge is 0.227 e. The number of hydrogen-bond donors (Lipinski definition) is 0. The quantitative estimate of drug-likeness (QED) is 0.220. The minimum absolute atomic E-state index is 0.0637. The second-order valence-corrected chi connectivity index (χ2v) is 9.84. The number of pyridine rings is 3. The van der Waals surface area contributed by atoms with Crippen LogP contribution in [0.2, 0.25) is 0 Å². The van der Waals surface area contributed by atoms with E-state index in [4.69, 9.17) is 26.0 Å². The molecule has 2 aromatic carbocycles. The van der Waals surface area contributed by atoms with E-state index < -0.39 is 18.6 Å². The minimum atomic E-state index is -2.64. The molecule has 1 atom stereocenters. The molecule has 6 aromatic rings. The third-order valence-corrected chi connectivity index (χ3v) is 6.67. The Morgan fingerprint density at radius 3 is 2.21 bits per heavy atom. The van der Waals surface area contributed by atoms with Gasteiger partial charge in [0, 0.05) is 46.6 Å². The van der Waals surface area contributed by atoms with Gasteiger partial charge in [0.2, 0.25) is 17.5 Å². The maximum absolute atomic E-state index is 8.87. The molecule has 0 fully saturated rings. The van der Waals surface area contributed by atoms with E-state index in [9.17, 15) is 0 Å². The van der Waals surface area contributed by atoms with E-state index in [0.717, 1.165) is 22.0 Å². The number of fused-ring (bicyclic) bond motifs is 3. The van der Waals surface area contributed by atoms with Crippen molar-refractivity contribution in [1.82, 2.24) is 15.0 Å². The predicted molar refractivity (Wildman–Crippen MR) is 157 cm³/mol. The highest BCUT2D eigenvalue weighted by Crippen LogP contribution is 2.37. The molecule has 5 heteroatoms. The lowest BCUT2D eigenvalue weighted by Gasteiger charge is -2.14. The van der Waals surface area contributed by atoms with Crippen LogP contribution in [-0.4, -0.2) is 15.0 Å². The van der Waals surface area contributed by atoms with E-state index >= 15 is 0 Å². The van der Waals surface area contributed by atoms with Crippen molar-refractivity contribution in [2.75, 3.05) is 0 Å². The van der Waals surface area contributed by atoms with Gasteiger partial charge in [-0.3, -0.25) is 0 Å². The molecule has 0 spiro atoms. The number of nitrogens with zero attached hydrogens (tertiary/aromatic N) is 3. The summed E-state index contributed by atoms with van der Waals surface area (Å²) in [6.45, 7) is 4.17.